The summed E-state index contributed by atoms with van der Waals surface area (Å²) in [5, 5.41) is 7.55. The van der Waals surface area contributed by atoms with E-state index >= 15 is 0 Å². The molecule has 112 valence electrons. The lowest BCUT2D eigenvalue weighted by Gasteiger charge is -2.20. The maximum atomic E-state index is 5.47. The first kappa shape index (κ1) is 14.2. The van der Waals surface area contributed by atoms with E-state index in [1.807, 2.05) is 18.2 Å². The van der Waals surface area contributed by atoms with Crippen LogP contribution in [-0.2, 0) is 10.2 Å². The van der Waals surface area contributed by atoms with Crippen molar-refractivity contribution in [2.45, 2.75) is 37.8 Å². The number of ether oxygens (including phenoxy) is 1. The van der Waals surface area contributed by atoms with Gasteiger partial charge in [0.1, 0.15) is 0 Å². The summed E-state index contributed by atoms with van der Waals surface area (Å²) in [6.07, 6.45) is 1.08. The van der Waals surface area contributed by atoms with Crippen molar-refractivity contribution in [2.24, 2.45) is 0 Å². The van der Waals surface area contributed by atoms with E-state index < -0.39 is 0 Å². The summed E-state index contributed by atoms with van der Waals surface area (Å²) in [7, 11) is 1.73. The van der Waals surface area contributed by atoms with Crippen LogP contribution in [0.2, 0.25) is 0 Å². The second kappa shape index (κ2) is 5.58. The Kier molecular flexibility index (Phi) is 3.78. The molecule has 0 spiro atoms. The van der Waals surface area contributed by atoms with Gasteiger partial charge in [0.2, 0.25) is 5.89 Å². The fourth-order valence-electron chi connectivity index (χ4n) is 2.69. The van der Waals surface area contributed by atoms with Crippen LogP contribution in [0.4, 0.5) is 0 Å². The summed E-state index contributed by atoms with van der Waals surface area (Å²) in [6, 6.07) is 10.3. The van der Waals surface area contributed by atoms with Gasteiger partial charge >= 0.3 is 0 Å². The van der Waals surface area contributed by atoms with Crippen LogP contribution in [0.15, 0.2) is 34.9 Å². The highest BCUT2D eigenvalue weighted by Gasteiger charge is 2.33. The Morgan fingerprint density at radius 3 is 2.71 bits per heavy atom. The van der Waals surface area contributed by atoms with Crippen LogP contribution in [0.25, 0.3) is 0 Å². The van der Waals surface area contributed by atoms with Gasteiger partial charge in [-0.15, -0.1) is 0 Å². The van der Waals surface area contributed by atoms with E-state index in [1.54, 1.807) is 7.11 Å². The molecular formula is C16H21N3O2. The first-order chi connectivity index (χ1) is 10.1. The molecule has 2 aromatic rings. The van der Waals surface area contributed by atoms with E-state index in [1.165, 1.54) is 5.56 Å². The third-order valence-electron chi connectivity index (χ3n) is 4.22. The second-order valence-electron chi connectivity index (χ2n) is 6.00. The molecule has 5 nitrogen and oxygen atoms in total. The third-order valence-corrected chi connectivity index (χ3v) is 4.22. The molecule has 0 radical (unpaired) electrons. The van der Waals surface area contributed by atoms with Crippen LogP contribution in [-0.4, -0.2) is 29.9 Å². The molecule has 2 heterocycles. The molecule has 1 aromatic carbocycles. The van der Waals surface area contributed by atoms with Gasteiger partial charge in [0.15, 0.2) is 5.82 Å². The van der Waals surface area contributed by atoms with Crippen LogP contribution in [0.3, 0.4) is 0 Å². The zero-order valence-corrected chi connectivity index (χ0v) is 12.7. The molecule has 1 fully saturated rings. The van der Waals surface area contributed by atoms with Gasteiger partial charge in [-0.05, 0) is 25.8 Å². The van der Waals surface area contributed by atoms with Crippen molar-refractivity contribution in [1.82, 2.24) is 15.5 Å². The lowest BCUT2D eigenvalue weighted by molar-refractivity contribution is 0.116. The Hall–Kier alpha value is -1.72. The highest BCUT2D eigenvalue weighted by Crippen LogP contribution is 2.31. The number of hydrogen-bond donors (Lipinski definition) is 1. The maximum Gasteiger partial charge on any atom is 0.243 e. The number of nitrogens with one attached hydrogen (secondary N) is 1. The fraction of sp³-hybridized carbons (Fsp3) is 0.500. The van der Waals surface area contributed by atoms with Crippen molar-refractivity contribution in [3.8, 4) is 0 Å². The first-order valence-electron chi connectivity index (χ1n) is 7.27. The number of nitrogens with zero attached hydrogens (tertiary/aromatic N) is 2. The van der Waals surface area contributed by atoms with Crippen LogP contribution < -0.4 is 5.32 Å². The second-order valence-corrected chi connectivity index (χ2v) is 6.00. The molecule has 0 unspecified atom stereocenters. The topological polar surface area (TPSA) is 60.2 Å². The van der Waals surface area contributed by atoms with Crippen LogP contribution in [0.5, 0.6) is 0 Å². The molecule has 1 saturated heterocycles. The molecule has 0 aliphatic carbocycles. The molecule has 2 atom stereocenters. The minimum absolute atomic E-state index is 0.0859. The van der Waals surface area contributed by atoms with Gasteiger partial charge in [0.25, 0.3) is 0 Å². The van der Waals surface area contributed by atoms with Gasteiger partial charge in [-0.1, -0.05) is 35.5 Å². The summed E-state index contributed by atoms with van der Waals surface area (Å²) in [4.78, 5) is 4.61. The van der Waals surface area contributed by atoms with Crippen LogP contribution in [0.1, 0.15) is 43.6 Å². The van der Waals surface area contributed by atoms with Crippen LogP contribution in [0, 0.1) is 0 Å². The van der Waals surface area contributed by atoms with Gasteiger partial charge in [-0.25, -0.2) is 0 Å². The number of hydrogen-bond acceptors (Lipinski definition) is 5. The quantitative estimate of drug-likeness (QED) is 0.936. The lowest BCUT2D eigenvalue weighted by atomic mass is 9.84. The van der Waals surface area contributed by atoms with E-state index in [9.17, 15) is 0 Å². The maximum absolute atomic E-state index is 5.47. The van der Waals surface area contributed by atoms with Crippen molar-refractivity contribution in [2.75, 3.05) is 13.7 Å². The summed E-state index contributed by atoms with van der Waals surface area (Å²) >= 11 is 0. The van der Waals surface area contributed by atoms with Gasteiger partial charge in [-0.2, -0.15) is 4.98 Å². The zero-order chi connectivity index (χ0) is 14.9. The molecular weight excluding hydrogens is 266 g/mol. The highest BCUT2D eigenvalue weighted by atomic mass is 16.5. The van der Waals surface area contributed by atoms with Gasteiger partial charge < -0.3 is 14.6 Å². The minimum Gasteiger partial charge on any atom is -0.380 e. The smallest absolute Gasteiger partial charge is 0.243 e. The average molecular weight is 287 g/mol. The number of benzene rings is 1. The molecule has 0 amide bonds. The predicted molar refractivity (Wildman–Crippen MR) is 79.0 cm³/mol. The Morgan fingerprint density at radius 1 is 1.29 bits per heavy atom. The van der Waals surface area contributed by atoms with E-state index in [4.69, 9.17) is 9.26 Å². The van der Waals surface area contributed by atoms with Crippen molar-refractivity contribution in [1.29, 1.82) is 0 Å². The predicted octanol–water partition coefficient (Wildman–Crippen LogP) is 2.44. The zero-order valence-electron chi connectivity index (χ0n) is 12.7. The van der Waals surface area contributed by atoms with E-state index in [0.717, 1.165) is 13.0 Å². The van der Waals surface area contributed by atoms with Gasteiger partial charge in [0.05, 0.1) is 17.6 Å². The van der Waals surface area contributed by atoms with Crippen molar-refractivity contribution in [3.05, 3.63) is 47.6 Å². The molecule has 1 N–H and O–H groups in total. The molecule has 1 aliphatic rings. The number of rotatable bonds is 4. The first-order valence-corrected chi connectivity index (χ1v) is 7.27. The SMILES string of the molecule is CO[C@@H]1CN[C@@H](c2nc(C(C)(C)c3ccccc3)no2)C1. The highest BCUT2D eigenvalue weighted by molar-refractivity contribution is 5.30. The number of methoxy groups -OCH3 is 1. The Morgan fingerprint density at radius 2 is 2.05 bits per heavy atom. The normalized spacial score (nSPS) is 22.6. The van der Waals surface area contributed by atoms with E-state index in [0.29, 0.717) is 11.7 Å². The van der Waals surface area contributed by atoms with Crippen molar-refractivity contribution in [3.63, 3.8) is 0 Å². The summed E-state index contributed by atoms with van der Waals surface area (Å²) in [5.74, 6) is 1.36. The van der Waals surface area contributed by atoms with Crippen molar-refractivity contribution < 1.29 is 9.26 Å². The molecule has 5 heteroatoms. The Bertz CT molecular complexity index is 595. The number of aromatic nitrogens is 2. The summed E-state index contributed by atoms with van der Waals surface area (Å²) < 4.78 is 10.8. The molecule has 3 rings (SSSR count). The minimum atomic E-state index is -0.276. The molecule has 1 aromatic heterocycles. The molecule has 21 heavy (non-hydrogen) atoms. The monoisotopic (exact) mass is 287 g/mol. The Labute approximate surface area is 124 Å². The molecule has 1 aliphatic heterocycles. The third kappa shape index (κ3) is 2.71. The van der Waals surface area contributed by atoms with E-state index in [2.05, 4.69) is 41.4 Å². The van der Waals surface area contributed by atoms with Crippen molar-refractivity contribution >= 4 is 0 Å². The average Bonchev–Trinajstić information content (AvgIpc) is 3.17. The fourth-order valence-corrected chi connectivity index (χ4v) is 2.69. The largest absolute Gasteiger partial charge is 0.380 e. The molecule has 0 bridgehead atoms. The summed E-state index contributed by atoms with van der Waals surface area (Å²) in [5.41, 5.74) is 0.897. The molecule has 0 saturated carbocycles. The van der Waals surface area contributed by atoms with Gasteiger partial charge in [0, 0.05) is 13.7 Å². The van der Waals surface area contributed by atoms with Crippen LogP contribution >= 0.6 is 0 Å². The van der Waals surface area contributed by atoms with Gasteiger partial charge in [-0.3, -0.25) is 0 Å². The Balaban J connectivity index is 1.82. The summed E-state index contributed by atoms with van der Waals surface area (Å²) in [6.45, 7) is 5.04. The lowest BCUT2D eigenvalue weighted by Crippen LogP contribution is -2.21. The standard InChI is InChI=1S/C16H21N3O2/c1-16(2,11-7-5-4-6-8-11)15-18-14(21-19-15)13-9-12(20-3)10-17-13/h4-8,12-13,17H,9-10H2,1-3H3/t12-,13+/m0/s1. The van der Waals surface area contributed by atoms with E-state index in [-0.39, 0.29) is 17.6 Å².